The SMILES string of the molecule is CC(C)(C)OC(=O)N1CCN(S(=O)(=O)c2ccc(Oc3ccc(Cl)cc3)cc2)C(C(=O)O)C1. The van der Waals surface area contributed by atoms with Gasteiger partial charge in [0, 0.05) is 18.1 Å². The lowest BCUT2D eigenvalue weighted by Gasteiger charge is -2.38. The van der Waals surface area contributed by atoms with Crippen molar-refractivity contribution in [2.24, 2.45) is 0 Å². The summed E-state index contributed by atoms with van der Waals surface area (Å²) in [5, 5.41) is 10.2. The van der Waals surface area contributed by atoms with Crippen molar-refractivity contribution in [2.75, 3.05) is 19.6 Å². The molecule has 3 rings (SSSR count). The molecule has 11 heteroatoms. The first-order valence-electron chi connectivity index (χ1n) is 10.1. The molecule has 1 amide bonds. The first-order chi connectivity index (χ1) is 15.4. The molecule has 1 unspecified atom stereocenters. The number of hydrogen-bond acceptors (Lipinski definition) is 6. The van der Waals surface area contributed by atoms with Crippen LogP contribution in [0.15, 0.2) is 53.4 Å². The maximum absolute atomic E-state index is 13.2. The van der Waals surface area contributed by atoms with Gasteiger partial charge in [-0.2, -0.15) is 4.31 Å². The van der Waals surface area contributed by atoms with Gasteiger partial charge in [0.1, 0.15) is 23.1 Å². The fourth-order valence-electron chi connectivity index (χ4n) is 3.20. The van der Waals surface area contributed by atoms with Gasteiger partial charge in [-0.05, 0) is 69.3 Å². The van der Waals surface area contributed by atoms with Gasteiger partial charge < -0.3 is 19.5 Å². The quantitative estimate of drug-likeness (QED) is 0.669. The van der Waals surface area contributed by atoms with Crippen LogP contribution in [0.25, 0.3) is 0 Å². The zero-order valence-electron chi connectivity index (χ0n) is 18.4. The molecule has 0 spiro atoms. The zero-order valence-corrected chi connectivity index (χ0v) is 20.0. The van der Waals surface area contributed by atoms with Crippen molar-refractivity contribution >= 4 is 33.7 Å². The van der Waals surface area contributed by atoms with Crippen molar-refractivity contribution in [1.82, 2.24) is 9.21 Å². The Morgan fingerprint density at radius 1 is 1.00 bits per heavy atom. The molecule has 1 N–H and O–H groups in total. The highest BCUT2D eigenvalue weighted by molar-refractivity contribution is 7.89. The van der Waals surface area contributed by atoms with E-state index in [-0.39, 0.29) is 24.5 Å². The lowest BCUT2D eigenvalue weighted by molar-refractivity contribution is -0.143. The van der Waals surface area contributed by atoms with Crippen molar-refractivity contribution in [3.63, 3.8) is 0 Å². The predicted octanol–water partition coefficient (Wildman–Crippen LogP) is 3.83. The van der Waals surface area contributed by atoms with Crippen LogP contribution in [-0.2, 0) is 19.6 Å². The summed E-state index contributed by atoms with van der Waals surface area (Å²) in [5.74, 6) is -0.422. The number of carboxylic acid groups (broad SMARTS) is 1. The molecule has 1 fully saturated rings. The molecule has 0 aliphatic carbocycles. The third kappa shape index (κ3) is 6.16. The van der Waals surface area contributed by atoms with Crippen molar-refractivity contribution in [3.05, 3.63) is 53.6 Å². The topological polar surface area (TPSA) is 113 Å². The summed E-state index contributed by atoms with van der Waals surface area (Å²) in [4.78, 5) is 25.3. The summed E-state index contributed by atoms with van der Waals surface area (Å²) in [5.41, 5.74) is -0.755. The molecule has 1 aliphatic rings. The molecule has 1 saturated heterocycles. The van der Waals surface area contributed by atoms with Gasteiger partial charge in [-0.1, -0.05) is 11.6 Å². The molecule has 2 aromatic rings. The molecule has 1 aliphatic heterocycles. The molecule has 1 atom stereocenters. The van der Waals surface area contributed by atoms with Crippen LogP contribution in [0.1, 0.15) is 20.8 Å². The standard InChI is InChI=1S/C22H25ClN2O7S/c1-22(2,3)32-21(28)24-12-13-25(19(14-24)20(26)27)33(29,30)18-10-8-17(9-11-18)31-16-6-4-15(23)5-7-16/h4-11,19H,12-14H2,1-3H3,(H,26,27). The maximum Gasteiger partial charge on any atom is 0.410 e. The summed E-state index contributed by atoms with van der Waals surface area (Å²) >= 11 is 5.85. The monoisotopic (exact) mass is 496 g/mol. The number of aliphatic carboxylic acids is 1. The van der Waals surface area contributed by atoms with E-state index in [2.05, 4.69) is 0 Å². The number of amides is 1. The Morgan fingerprint density at radius 3 is 2.06 bits per heavy atom. The van der Waals surface area contributed by atoms with E-state index < -0.39 is 33.7 Å². The minimum atomic E-state index is -4.13. The Kier molecular flexibility index (Phi) is 7.20. The number of sulfonamides is 1. The number of carbonyl (C=O) groups is 2. The molecule has 9 nitrogen and oxygen atoms in total. The number of rotatable bonds is 5. The largest absolute Gasteiger partial charge is 0.480 e. The van der Waals surface area contributed by atoms with E-state index in [1.807, 2.05) is 0 Å². The minimum absolute atomic E-state index is 0.00961. The molecule has 0 bridgehead atoms. The first-order valence-corrected chi connectivity index (χ1v) is 11.9. The molecule has 33 heavy (non-hydrogen) atoms. The normalized spacial score (nSPS) is 17.5. The van der Waals surface area contributed by atoms with Crippen LogP contribution >= 0.6 is 11.6 Å². The van der Waals surface area contributed by atoms with Gasteiger partial charge in [0.15, 0.2) is 0 Å². The zero-order chi connectivity index (χ0) is 24.4. The minimum Gasteiger partial charge on any atom is -0.480 e. The molecule has 0 saturated carbocycles. The molecule has 1 heterocycles. The van der Waals surface area contributed by atoms with E-state index >= 15 is 0 Å². The Hall–Kier alpha value is -2.82. The number of halogens is 1. The van der Waals surface area contributed by atoms with Crippen LogP contribution in [0.5, 0.6) is 11.5 Å². The molecular weight excluding hydrogens is 472 g/mol. The molecule has 0 aromatic heterocycles. The number of hydrogen-bond donors (Lipinski definition) is 1. The van der Waals surface area contributed by atoms with Crippen LogP contribution in [0.2, 0.25) is 5.02 Å². The van der Waals surface area contributed by atoms with E-state index in [0.717, 1.165) is 4.31 Å². The van der Waals surface area contributed by atoms with E-state index in [0.29, 0.717) is 16.5 Å². The van der Waals surface area contributed by atoms with Gasteiger partial charge in [0.25, 0.3) is 0 Å². The summed E-state index contributed by atoms with van der Waals surface area (Å²) in [6.07, 6.45) is -0.686. The van der Waals surface area contributed by atoms with E-state index in [4.69, 9.17) is 21.1 Å². The Bertz CT molecular complexity index is 1110. The molecule has 2 aromatic carbocycles. The third-order valence-electron chi connectivity index (χ3n) is 4.75. The number of benzene rings is 2. The van der Waals surface area contributed by atoms with Gasteiger partial charge in [0.05, 0.1) is 11.4 Å². The molecule has 178 valence electrons. The Balaban J connectivity index is 1.76. The summed E-state index contributed by atoms with van der Waals surface area (Å²) in [6.45, 7) is 4.60. The van der Waals surface area contributed by atoms with E-state index in [1.54, 1.807) is 45.0 Å². The summed E-state index contributed by atoms with van der Waals surface area (Å²) in [7, 11) is -4.13. The Morgan fingerprint density at radius 2 is 1.55 bits per heavy atom. The summed E-state index contributed by atoms with van der Waals surface area (Å²) < 4.78 is 38.2. The van der Waals surface area contributed by atoms with Gasteiger partial charge in [-0.25, -0.2) is 13.2 Å². The average molecular weight is 497 g/mol. The van der Waals surface area contributed by atoms with Gasteiger partial charge >= 0.3 is 12.1 Å². The van der Waals surface area contributed by atoms with Gasteiger partial charge in [-0.3, -0.25) is 4.79 Å². The highest BCUT2D eigenvalue weighted by Gasteiger charge is 2.42. The lowest BCUT2D eigenvalue weighted by atomic mass is 10.2. The second-order valence-electron chi connectivity index (χ2n) is 8.42. The van der Waals surface area contributed by atoms with E-state index in [9.17, 15) is 23.1 Å². The number of piperazine rings is 1. The van der Waals surface area contributed by atoms with Gasteiger partial charge in [0.2, 0.25) is 10.0 Å². The van der Waals surface area contributed by atoms with Crippen LogP contribution in [0, 0.1) is 0 Å². The fraction of sp³-hybridized carbons (Fsp3) is 0.364. The Labute approximate surface area is 197 Å². The molecule has 0 radical (unpaired) electrons. The first kappa shape index (κ1) is 24.8. The van der Waals surface area contributed by atoms with Crippen molar-refractivity contribution in [3.8, 4) is 11.5 Å². The maximum atomic E-state index is 13.2. The second-order valence-corrected chi connectivity index (χ2v) is 10.8. The van der Waals surface area contributed by atoms with Crippen LogP contribution < -0.4 is 4.74 Å². The van der Waals surface area contributed by atoms with Crippen LogP contribution in [0.4, 0.5) is 4.79 Å². The number of carboxylic acids is 1. The average Bonchev–Trinajstić information content (AvgIpc) is 2.74. The number of carbonyl (C=O) groups excluding carboxylic acids is 1. The number of nitrogens with zero attached hydrogens (tertiary/aromatic N) is 2. The number of ether oxygens (including phenoxy) is 2. The third-order valence-corrected chi connectivity index (χ3v) is 6.92. The summed E-state index contributed by atoms with van der Waals surface area (Å²) in [6, 6.07) is 10.9. The highest BCUT2D eigenvalue weighted by atomic mass is 35.5. The van der Waals surface area contributed by atoms with Crippen LogP contribution in [0.3, 0.4) is 0 Å². The fourth-order valence-corrected chi connectivity index (χ4v) is 4.89. The lowest BCUT2D eigenvalue weighted by Crippen LogP contribution is -2.59. The second kappa shape index (κ2) is 9.58. The predicted molar refractivity (Wildman–Crippen MR) is 121 cm³/mol. The van der Waals surface area contributed by atoms with Crippen molar-refractivity contribution < 1.29 is 32.6 Å². The van der Waals surface area contributed by atoms with Gasteiger partial charge in [-0.15, -0.1) is 0 Å². The highest BCUT2D eigenvalue weighted by Crippen LogP contribution is 2.27. The molecular formula is C22H25ClN2O7S. The van der Waals surface area contributed by atoms with E-state index in [1.165, 1.54) is 29.2 Å². The smallest absolute Gasteiger partial charge is 0.410 e. The van der Waals surface area contributed by atoms with Crippen molar-refractivity contribution in [1.29, 1.82) is 0 Å². The van der Waals surface area contributed by atoms with Crippen molar-refractivity contribution in [2.45, 2.75) is 37.3 Å². The van der Waals surface area contributed by atoms with Crippen LogP contribution in [-0.4, -0.2) is 66.1 Å².